The van der Waals surface area contributed by atoms with Crippen molar-refractivity contribution in [2.45, 2.75) is 32.3 Å². The van der Waals surface area contributed by atoms with Gasteiger partial charge in [0.2, 0.25) is 0 Å². The third kappa shape index (κ3) is 4.66. The van der Waals surface area contributed by atoms with Gasteiger partial charge in [0.25, 0.3) is 0 Å². The van der Waals surface area contributed by atoms with Gasteiger partial charge in [0.15, 0.2) is 0 Å². The van der Waals surface area contributed by atoms with Crippen molar-refractivity contribution < 1.29 is 19.7 Å². The maximum absolute atomic E-state index is 10.4. The molecule has 5 heteroatoms. The predicted octanol–water partition coefficient (Wildman–Crippen LogP) is 3.14. The number of carbonyl (C=O) groups is 1. The molecule has 0 heterocycles. The van der Waals surface area contributed by atoms with Crippen molar-refractivity contribution in [2.24, 2.45) is 0 Å². The Morgan fingerprint density at radius 1 is 1.50 bits per heavy atom. The van der Waals surface area contributed by atoms with E-state index >= 15 is 0 Å². The van der Waals surface area contributed by atoms with Gasteiger partial charge in [0.05, 0.1) is 17.2 Å². The minimum absolute atomic E-state index is 0.0786. The van der Waals surface area contributed by atoms with E-state index in [1.165, 1.54) is 0 Å². The third-order valence-corrected chi connectivity index (χ3v) is 3.13. The first-order chi connectivity index (χ1) is 8.54. The van der Waals surface area contributed by atoms with Gasteiger partial charge in [-0.3, -0.25) is 4.79 Å². The van der Waals surface area contributed by atoms with Gasteiger partial charge in [-0.15, -0.1) is 0 Å². The Labute approximate surface area is 115 Å². The standard InChI is InChI=1S/C13H17BrO4/c1-2-18-12-7-6-9(8-10(12)14)11(15)4-3-5-13(16)17/h6-8,11,15H,2-5H2,1H3,(H,16,17)/t11-/m0/s1. The lowest BCUT2D eigenvalue weighted by Gasteiger charge is -2.12. The van der Waals surface area contributed by atoms with E-state index in [1.807, 2.05) is 6.92 Å². The molecule has 0 spiro atoms. The fourth-order valence-electron chi connectivity index (χ4n) is 1.61. The SMILES string of the molecule is CCOc1ccc([C@@H](O)CCCC(=O)O)cc1Br. The molecular formula is C13H17BrO4. The number of carboxylic acid groups (broad SMARTS) is 1. The Hall–Kier alpha value is -1.07. The number of hydrogen-bond acceptors (Lipinski definition) is 3. The molecule has 0 bridgehead atoms. The van der Waals surface area contributed by atoms with Crippen molar-refractivity contribution in [1.82, 2.24) is 0 Å². The van der Waals surface area contributed by atoms with Crippen molar-refractivity contribution >= 4 is 21.9 Å². The number of halogens is 1. The molecule has 2 N–H and O–H groups in total. The zero-order valence-electron chi connectivity index (χ0n) is 10.2. The van der Waals surface area contributed by atoms with Gasteiger partial charge in [0, 0.05) is 6.42 Å². The third-order valence-electron chi connectivity index (χ3n) is 2.51. The maximum atomic E-state index is 10.4. The first-order valence-electron chi connectivity index (χ1n) is 5.86. The summed E-state index contributed by atoms with van der Waals surface area (Å²) in [5, 5.41) is 18.5. The molecule has 0 fully saturated rings. The molecule has 0 radical (unpaired) electrons. The normalized spacial score (nSPS) is 12.2. The van der Waals surface area contributed by atoms with E-state index in [1.54, 1.807) is 18.2 Å². The summed E-state index contributed by atoms with van der Waals surface area (Å²) in [6.45, 7) is 2.49. The van der Waals surface area contributed by atoms with Gasteiger partial charge < -0.3 is 14.9 Å². The van der Waals surface area contributed by atoms with Gasteiger partial charge >= 0.3 is 5.97 Å². The van der Waals surface area contributed by atoms with Gasteiger partial charge in [0.1, 0.15) is 5.75 Å². The Balaban J connectivity index is 2.60. The van der Waals surface area contributed by atoms with E-state index in [4.69, 9.17) is 9.84 Å². The van der Waals surface area contributed by atoms with Crippen molar-refractivity contribution in [1.29, 1.82) is 0 Å². The minimum atomic E-state index is -0.838. The number of hydrogen-bond donors (Lipinski definition) is 2. The first kappa shape index (κ1) is 15.0. The molecule has 0 unspecified atom stereocenters. The molecule has 1 aromatic rings. The zero-order chi connectivity index (χ0) is 13.5. The largest absolute Gasteiger partial charge is 0.493 e. The molecule has 0 saturated heterocycles. The molecule has 0 saturated carbocycles. The van der Waals surface area contributed by atoms with Crippen molar-refractivity contribution in [3.63, 3.8) is 0 Å². The summed E-state index contributed by atoms with van der Waals surface area (Å²) in [5.41, 5.74) is 0.760. The van der Waals surface area contributed by atoms with Crippen LogP contribution in [0.15, 0.2) is 22.7 Å². The van der Waals surface area contributed by atoms with Crippen molar-refractivity contribution in [3.05, 3.63) is 28.2 Å². The summed E-state index contributed by atoms with van der Waals surface area (Å²) in [4.78, 5) is 10.4. The Kier molecular flexibility index (Phi) is 6.15. The fourth-order valence-corrected chi connectivity index (χ4v) is 2.12. The molecule has 0 aromatic heterocycles. The van der Waals surface area contributed by atoms with Crippen molar-refractivity contribution in [2.75, 3.05) is 6.61 Å². The lowest BCUT2D eigenvalue weighted by atomic mass is 10.0. The van der Waals surface area contributed by atoms with Crippen LogP contribution in [-0.4, -0.2) is 22.8 Å². The summed E-state index contributed by atoms with van der Waals surface area (Å²) < 4.78 is 6.17. The van der Waals surface area contributed by atoms with Crippen LogP contribution in [-0.2, 0) is 4.79 Å². The number of aliphatic hydroxyl groups excluding tert-OH is 1. The molecular weight excluding hydrogens is 300 g/mol. The number of aliphatic carboxylic acids is 1. The number of carboxylic acids is 1. The Morgan fingerprint density at radius 3 is 2.78 bits per heavy atom. The van der Waals surface area contributed by atoms with E-state index in [0.29, 0.717) is 19.4 Å². The Bertz CT molecular complexity index is 406. The predicted molar refractivity (Wildman–Crippen MR) is 71.8 cm³/mol. The summed E-state index contributed by atoms with van der Waals surface area (Å²) >= 11 is 3.38. The highest BCUT2D eigenvalue weighted by molar-refractivity contribution is 9.10. The van der Waals surface area contributed by atoms with E-state index < -0.39 is 12.1 Å². The summed E-state index contributed by atoms with van der Waals surface area (Å²) in [7, 11) is 0. The molecule has 1 rings (SSSR count). The highest BCUT2D eigenvalue weighted by atomic mass is 79.9. The topological polar surface area (TPSA) is 66.8 Å². The second-order valence-corrected chi connectivity index (χ2v) is 4.78. The van der Waals surface area contributed by atoms with E-state index in [9.17, 15) is 9.90 Å². The van der Waals surface area contributed by atoms with Crippen LogP contribution in [0.3, 0.4) is 0 Å². The molecule has 0 aliphatic carbocycles. The average Bonchev–Trinajstić information content (AvgIpc) is 2.31. The van der Waals surface area contributed by atoms with Crippen LogP contribution in [0, 0.1) is 0 Å². The van der Waals surface area contributed by atoms with E-state index in [-0.39, 0.29) is 6.42 Å². The Morgan fingerprint density at radius 2 is 2.22 bits per heavy atom. The fraction of sp³-hybridized carbons (Fsp3) is 0.462. The van der Waals surface area contributed by atoms with Crippen LogP contribution in [0.5, 0.6) is 5.75 Å². The van der Waals surface area contributed by atoms with Gasteiger partial charge in [-0.05, 0) is 53.4 Å². The average molecular weight is 317 g/mol. The number of aliphatic hydroxyl groups is 1. The van der Waals surface area contributed by atoms with Gasteiger partial charge in [-0.25, -0.2) is 0 Å². The van der Waals surface area contributed by atoms with E-state index in [0.717, 1.165) is 15.8 Å². The lowest BCUT2D eigenvalue weighted by molar-refractivity contribution is -0.137. The van der Waals surface area contributed by atoms with Crippen LogP contribution < -0.4 is 4.74 Å². The van der Waals surface area contributed by atoms with Gasteiger partial charge in [-0.2, -0.15) is 0 Å². The summed E-state index contributed by atoms with van der Waals surface area (Å²) in [5.74, 6) is -0.103. The maximum Gasteiger partial charge on any atom is 0.303 e. The molecule has 100 valence electrons. The van der Waals surface area contributed by atoms with E-state index in [2.05, 4.69) is 15.9 Å². The monoisotopic (exact) mass is 316 g/mol. The van der Waals surface area contributed by atoms with Crippen LogP contribution in [0.4, 0.5) is 0 Å². The lowest BCUT2D eigenvalue weighted by Crippen LogP contribution is -2.01. The van der Waals surface area contributed by atoms with Crippen LogP contribution in [0.2, 0.25) is 0 Å². The number of benzene rings is 1. The van der Waals surface area contributed by atoms with Crippen LogP contribution in [0.1, 0.15) is 37.9 Å². The molecule has 0 aliphatic heterocycles. The zero-order valence-corrected chi connectivity index (χ0v) is 11.8. The van der Waals surface area contributed by atoms with Crippen LogP contribution in [0.25, 0.3) is 0 Å². The molecule has 18 heavy (non-hydrogen) atoms. The van der Waals surface area contributed by atoms with Crippen molar-refractivity contribution in [3.8, 4) is 5.75 Å². The van der Waals surface area contributed by atoms with Gasteiger partial charge in [-0.1, -0.05) is 6.07 Å². The quantitative estimate of drug-likeness (QED) is 0.811. The smallest absolute Gasteiger partial charge is 0.303 e. The number of ether oxygens (including phenoxy) is 1. The first-order valence-corrected chi connectivity index (χ1v) is 6.66. The minimum Gasteiger partial charge on any atom is -0.493 e. The van der Waals surface area contributed by atoms with Crippen LogP contribution >= 0.6 is 15.9 Å². The molecule has 1 atom stereocenters. The second-order valence-electron chi connectivity index (χ2n) is 3.92. The highest BCUT2D eigenvalue weighted by Crippen LogP contribution is 2.29. The molecule has 0 aliphatic rings. The summed E-state index contributed by atoms with van der Waals surface area (Å²) in [6.07, 6.45) is 0.333. The molecule has 1 aromatic carbocycles. The second kappa shape index (κ2) is 7.38. The molecule has 4 nitrogen and oxygen atoms in total. The number of rotatable bonds is 7. The summed E-state index contributed by atoms with van der Waals surface area (Å²) in [6, 6.07) is 5.39. The molecule has 0 amide bonds. The highest BCUT2D eigenvalue weighted by Gasteiger charge is 2.11.